The Morgan fingerprint density at radius 1 is 1.28 bits per heavy atom. The first kappa shape index (κ1) is 11.5. The number of rotatable bonds is 1. The maximum absolute atomic E-state index is 11.9. The molecule has 0 saturated carbocycles. The smallest absolute Gasteiger partial charge is 0.322 e. The van der Waals surface area contributed by atoms with E-state index >= 15 is 0 Å². The molecule has 1 aromatic carbocycles. The molecule has 3 rings (SSSR count). The first-order valence-corrected chi connectivity index (χ1v) is 7.02. The zero-order valence-corrected chi connectivity index (χ0v) is 10.7. The van der Waals surface area contributed by atoms with E-state index < -0.39 is 0 Å². The van der Waals surface area contributed by atoms with Crippen LogP contribution in [0.25, 0.3) is 0 Å². The molecule has 1 N–H and O–H groups in total. The number of carbonyl (C=O) groups is 1. The van der Waals surface area contributed by atoms with E-state index in [0.717, 1.165) is 29.6 Å². The highest BCUT2D eigenvalue weighted by Gasteiger charge is 2.19. The minimum Gasteiger partial charge on any atom is -0.486 e. The van der Waals surface area contributed by atoms with Gasteiger partial charge in [-0.2, -0.15) is 0 Å². The number of ether oxygens (including phenoxy) is 2. The molecule has 2 aliphatic rings. The lowest BCUT2D eigenvalue weighted by atomic mass is 10.2. The van der Waals surface area contributed by atoms with Crippen LogP contribution in [0.3, 0.4) is 0 Å². The monoisotopic (exact) mass is 266 g/mol. The summed E-state index contributed by atoms with van der Waals surface area (Å²) < 4.78 is 10.9. The molecule has 0 radical (unpaired) electrons. The van der Waals surface area contributed by atoms with Gasteiger partial charge >= 0.3 is 6.03 Å². The SMILES string of the molecule is O=C(Nc1ccc2c(c1)OCCO2)N1CCSC1. The average molecular weight is 266 g/mol. The highest BCUT2D eigenvalue weighted by atomic mass is 32.2. The zero-order valence-electron chi connectivity index (χ0n) is 9.85. The summed E-state index contributed by atoms with van der Waals surface area (Å²) >= 11 is 1.76. The Kier molecular flexibility index (Phi) is 3.19. The molecule has 6 heteroatoms. The van der Waals surface area contributed by atoms with Crippen LogP contribution in [0.2, 0.25) is 0 Å². The number of fused-ring (bicyclic) bond motifs is 1. The fraction of sp³-hybridized carbons (Fsp3) is 0.417. The number of anilines is 1. The minimum atomic E-state index is -0.0586. The van der Waals surface area contributed by atoms with Crippen molar-refractivity contribution >= 4 is 23.5 Å². The Morgan fingerprint density at radius 3 is 2.89 bits per heavy atom. The molecular formula is C12H14N2O3S. The van der Waals surface area contributed by atoms with Gasteiger partial charge in [-0.3, -0.25) is 0 Å². The number of amides is 2. The summed E-state index contributed by atoms with van der Waals surface area (Å²) in [6.45, 7) is 1.93. The fourth-order valence-corrected chi connectivity index (χ4v) is 2.84. The molecule has 0 aromatic heterocycles. The molecule has 5 nitrogen and oxygen atoms in total. The van der Waals surface area contributed by atoms with Crippen LogP contribution >= 0.6 is 11.8 Å². The van der Waals surface area contributed by atoms with E-state index in [1.54, 1.807) is 22.7 Å². The van der Waals surface area contributed by atoms with Crippen molar-refractivity contribution in [3.63, 3.8) is 0 Å². The van der Waals surface area contributed by atoms with Crippen LogP contribution in [0.1, 0.15) is 0 Å². The summed E-state index contributed by atoms with van der Waals surface area (Å²) in [5.41, 5.74) is 0.737. The number of nitrogens with zero attached hydrogens (tertiary/aromatic N) is 1. The van der Waals surface area contributed by atoms with Crippen LogP contribution in [-0.2, 0) is 0 Å². The number of hydrogen-bond acceptors (Lipinski definition) is 4. The van der Waals surface area contributed by atoms with E-state index in [4.69, 9.17) is 9.47 Å². The molecule has 2 amide bonds. The van der Waals surface area contributed by atoms with E-state index in [1.807, 2.05) is 12.1 Å². The van der Waals surface area contributed by atoms with Crippen LogP contribution in [0.4, 0.5) is 10.5 Å². The first-order valence-electron chi connectivity index (χ1n) is 5.86. The predicted molar refractivity (Wildman–Crippen MR) is 70.5 cm³/mol. The van der Waals surface area contributed by atoms with E-state index in [-0.39, 0.29) is 6.03 Å². The molecule has 0 aliphatic carbocycles. The fourth-order valence-electron chi connectivity index (χ4n) is 1.90. The molecule has 2 heterocycles. The predicted octanol–water partition coefficient (Wildman–Crippen LogP) is 2.00. The molecule has 0 spiro atoms. The summed E-state index contributed by atoms with van der Waals surface area (Å²) in [6, 6.07) is 5.39. The van der Waals surface area contributed by atoms with Crippen LogP contribution in [0, 0.1) is 0 Å². The van der Waals surface area contributed by atoms with Crippen LogP contribution in [0.15, 0.2) is 18.2 Å². The van der Waals surface area contributed by atoms with Crippen molar-refractivity contribution in [3.05, 3.63) is 18.2 Å². The molecule has 0 bridgehead atoms. The quantitative estimate of drug-likeness (QED) is 0.844. The molecule has 1 saturated heterocycles. The topological polar surface area (TPSA) is 50.8 Å². The van der Waals surface area contributed by atoms with Crippen molar-refractivity contribution in [2.75, 3.05) is 36.7 Å². The minimum absolute atomic E-state index is 0.0586. The maximum atomic E-state index is 11.9. The van der Waals surface area contributed by atoms with E-state index in [2.05, 4.69) is 5.32 Å². The number of nitrogens with one attached hydrogen (secondary N) is 1. The van der Waals surface area contributed by atoms with Gasteiger partial charge in [-0.05, 0) is 12.1 Å². The lowest BCUT2D eigenvalue weighted by molar-refractivity contribution is 0.171. The van der Waals surface area contributed by atoms with Crippen LogP contribution in [0.5, 0.6) is 11.5 Å². The summed E-state index contributed by atoms with van der Waals surface area (Å²) in [5, 5.41) is 2.87. The second-order valence-corrected chi connectivity index (χ2v) is 5.16. The zero-order chi connectivity index (χ0) is 12.4. The van der Waals surface area contributed by atoms with Crippen LogP contribution < -0.4 is 14.8 Å². The Labute approximate surface area is 109 Å². The van der Waals surface area contributed by atoms with Gasteiger partial charge in [0.05, 0.1) is 5.88 Å². The Morgan fingerprint density at radius 2 is 2.11 bits per heavy atom. The highest BCUT2D eigenvalue weighted by molar-refractivity contribution is 7.99. The number of urea groups is 1. The van der Waals surface area contributed by atoms with Gasteiger partial charge in [0.25, 0.3) is 0 Å². The van der Waals surface area contributed by atoms with Crippen molar-refractivity contribution in [2.45, 2.75) is 0 Å². The molecular weight excluding hydrogens is 252 g/mol. The van der Waals surface area contributed by atoms with Crippen molar-refractivity contribution in [1.82, 2.24) is 4.90 Å². The van der Waals surface area contributed by atoms with Gasteiger partial charge < -0.3 is 19.7 Å². The van der Waals surface area contributed by atoms with Gasteiger partial charge in [0, 0.05) is 24.1 Å². The second kappa shape index (κ2) is 4.97. The number of carbonyl (C=O) groups excluding carboxylic acids is 1. The van der Waals surface area contributed by atoms with Crippen molar-refractivity contribution in [3.8, 4) is 11.5 Å². The third-order valence-corrected chi connectivity index (χ3v) is 3.80. The number of hydrogen-bond donors (Lipinski definition) is 1. The van der Waals surface area contributed by atoms with Crippen molar-refractivity contribution in [1.29, 1.82) is 0 Å². The van der Waals surface area contributed by atoms with Gasteiger partial charge in [-0.25, -0.2) is 4.79 Å². The van der Waals surface area contributed by atoms with Crippen molar-refractivity contribution < 1.29 is 14.3 Å². The molecule has 2 aliphatic heterocycles. The summed E-state index contributed by atoms with van der Waals surface area (Å²) in [7, 11) is 0. The molecule has 18 heavy (non-hydrogen) atoms. The summed E-state index contributed by atoms with van der Waals surface area (Å²) in [5.74, 6) is 3.19. The standard InChI is InChI=1S/C12H14N2O3S/c15-12(14-3-6-18-8-14)13-9-1-2-10-11(7-9)17-5-4-16-10/h1-2,7H,3-6,8H2,(H,13,15). The molecule has 1 aromatic rings. The van der Waals surface area contributed by atoms with E-state index in [0.29, 0.717) is 19.0 Å². The molecule has 96 valence electrons. The third-order valence-electron chi connectivity index (χ3n) is 2.83. The second-order valence-electron chi connectivity index (χ2n) is 4.09. The number of thioether (sulfide) groups is 1. The van der Waals surface area contributed by atoms with Crippen LogP contribution in [-0.4, -0.2) is 42.3 Å². The van der Waals surface area contributed by atoms with E-state index in [1.165, 1.54) is 0 Å². The molecule has 0 unspecified atom stereocenters. The molecule has 1 fully saturated rings. The summed E-state index contributed by atoms with van der Waals surface area (Å²) in [6.07, 6.45) is 0. The lowest BCUT2D eigenvalue weighted by Crippen LogP contribution is -2.32. The third kappa shape index (κ3) is 2.33. The van der Waals surface area contributed by atoms with E-state index in [9.17, 15) is 4.79 Å². The maximum Gasteiger partial charge on any atom is 0.322 e. The molecule has 0 atom stereocenters. The van der Waals surface area contributed by atoms with Gasteiger partial charge in [0.15, 0.2) is 11.5 Å². The Balaban J connectivity index is 1.70. The van der Waals surface area contributed by atoms with Gasteiger partial charge in [0.2, 0.25) is 0 Å². The highest BCUT2D eigenvalue weighted by Crippen LogP contribution is 2.32. The van der Waals surface area contributed by atoms with Gasteiger partial charge in [-0.15, -0.1) is 11.8 Å². The van der Waals surface area contributed by atoms with Gasteiger partial charge in [0.1, 0.15) is 13.2 Å². The average Bonchev–Trinajstić information content (AvgIpc) is 2.92. The lowest BCUT2D eigenvalue weighted by Gasteiger charge is -2.20. The van der Waals surface area contributed by atoms with Crippen molar-refractivity contribution in [2.24, 2.45) is 0 Å². The van der Waals surface area contributed by atoms with Gasteiger partial charge in [-0.1, -0.05) is 0 Å². The Hall–Kier alpha value is -1.56. The first-order chi connectivity index (χ1) is 8.83. The Bertz CT molecular complexity index is 461. The number of benzene rings is 1. The summed E-state index contributed by atoms with van der Waals surface area (Å²) in [4.78, 5) is 13.7. The largest absolute Gasteiger partial charge is 0.486 e. The normalized spacial score (nSPS) is 17.7.